The molecule has 0 aliphatic rings. The fraction of sp³-hybridized carbons (Fsp3) is 0.556. The molecule has 0 aliphatic carbocycles. The Morgan fingerprint density at radius 1 is 1.14 bits per heavy atom. The Balaban J connectivity index is 0. The Kier molecular flexibility index (Phi) is 18.8. The van der Waals surface area contributed by atoms with Crippen molar-refractivity contribution in [3.8, 4) is 5.75 Å². The van der Waals surface area contributed by atoms with Gasteiger partial charge in [0.2, 0.25) is 0 Å². The molecule has 0 aromatic heterocycles. The molecular weight excluding hydrogens is 294 g/mol. The molecule has 0 aliphatic heterocycles. The molecule has 1 atom stereocenters. The first-order valence-electron chi connectivity index (χ1n) is 8.13. The van der Waals surface area contributed by atoms with Crippen LogP contribution in [0.3, 0.4) is 0 Å². The molecule has 4 heteroatoms. The van der Waals surface area contributed by atoms with Crippen LogP contribution in [0.2, 0.25) is 0 Å². The lowest BCUT2D eigenvalue weighted by molar-refractivity contribution is 0.554. The van der Waals surface area contributed by atoms with E-state index < -0.39 is 11.3 Å². The summed E-state index contributed by atoms with van der Waals surface area (Å²) in [5.74, 6) is 0.605. The van der Waals surface area contributed by atoms with E-state index >= 15 is 0 Å². The highest BCUT2D eigenvalue weighted by atomic mass is 32.2. The van der Waals surface area contributed by atoms with Crippen LogP contribution in [0, 0.1) is 6.92 Å². The van der Waals surface area contributed by atoms with Crippen LogP contribution in [0.15, 0.2) is 36.4 Å². The number of unbranched alkanes of at least 4 members (excludes halogenated alkanes) is 2. The molecule has 1 aromatic carbocycles. The molecule has 22 heavy (non-hydrogen) atoms. The first-order valence-corrected chi connectivity index (χ1v) is 9.20. The van der Waals surface area contributed by atoms with Gasteiger partial charge < -0.3 is 4.18 Å². The zero-order valence-corrected chi connectivity index (χ0v) is 15.8. The molecular formula is C18H33NO2S. The molecule has 0 saturated carbocycles. The van der Waals surface area contributed by atoms with Gasteiger partial charge in [0.25, 0.3) is 11.3 Å². The molecule has 0 spiro atoms. The molecule has 0 fully saturated rings. The van der Waals surface area contributed by atoms with Crippen molar-refractivity contribution in [1.82, 2.24) is 4.72 Å². The van der Waals surface area contributed by atoms with Crippen LogP contribution in [0.4, 0.5) is 0 Å². The zero-order valence-electron chi connectivity index (χ0n) is 15.0. The number of nitrogens with one attached hydrogen (secondary N) is 1. The van der Waals surface area contributed by atoms with Crippen LogP contribution in [-0.4, -0.2) is 11.3 Å². The van der Waals surface area contributed by atoms with E-state index in [9.17, 15) is 4.21 Å². The normalized spacial score (nSPS) is 11.0. The van der Waals surface area contributed by atoms with E-state index in [1.807, 2.05) is 32.9 Å². The lowest BCUT2D eigenvalue weighted by Crippen LogP contribution is -2.16. The topological polar surface area (TPSA) is 38.3 Å². The van der Waals surface area contributed by atoms with Crippen LogP contribution in [-0.2, 0) is 11.3 Å². The van der Waals surface area contributed by atoms with Gasteiger partial charge in [-0.2, -0.15) is 4.21 Å². The number of benzene rings is 1. The quantitative estimate of drug-likeness (QED) is 0.542. The summed E-state index contributed by atoms with van der Waals surface area (Å²) < 4.78 is 18.3. The average molecular weight is 328 g/mol. The Morgan fingerprint density at radius 2 is 1.73 bits per heavy atom. The largest absolute Gasteiger partial charge is 0.389 e. The van der Waals surface area contributed by atoms with Gasteiger partial charge in [0.15, 0.2) is 0 Å². The second-order valence-electron chi connectivity index (χ2n) is 4.36. The molecule has 0 bridgehead atoms. The van der Waals surface area contributed by atoms with Crippen LogP contribution in [0.25, 0.3) is 0 Å². The van der Waals surface area contributed by atoms with Crippen LogP contribution in [0.5, 0.6) is 5.75 Å². The number of allylic oxidation sites excluding steroid dienone is 2. The molecule has 0 saturated heterocycles. The summed E-state index contributed by atoms with van der Waals surface area (Å²) >= 11 is -1.43. The number of hydrogen-bond donors (Lipinski definition) is 1. The maximum atomic E-state index is 10.8. The van der Waals surface area contributed by atoms with Gasteiger partial charge in [0, 0.05) is 0 Å². The van der Waals surface area contributed by atoms with E-state index in [1.165, 1.54) is 25.7 Å². The summed E-state index contributed by atoms with van der Waals surface area (Å²) in [6.07, 6.45) is 9.61. The smallest absolute Gasteiger partial charge is 0.287 e. The predicted octanol–water partition coefficient (Wildman–Crippen LogP) is 5.34. The number of rotatable bonds is 7. The molecule has 0 radical (unpaired) electrons. The first-order chi connectivity index (χ1) is 10.6. The molecule has 0 amide bonds. The standard InChI is InChI=1S/C8H11NO2S.C8H16.C2H6/c1-7-3-5-8(6-4-7)11-12(10)9-2;1-3-5-7-8-6-4-2;1-2/h3-6,9H,1-2H3;5,7H,3-4,6,8H2,1-2H3;1-2H3/b;7-5-;. The minimum absolute atomic E-state index is 0.605. The molecule has 128 valence electrons. The molecule has 1 aromatic rings. The second kappa shape index (κ2) is 17.9. The molecule has 1 rings (SSSR count). The van der Waals surface area contributed by atoms with Crippen molar-refractivity contribution in [1.29, 1.82) is 0 Å². The highest BCUT2D eigenvalue weighted by molar-refractivity contribution is 7.78. The minimum atomic E-state index is -1.43. The Hall–Kier alpha value is -1.13. The fourth-order valence-electron chi connectivity index (χ4n) is 1.33. The van der Waals surface area contributed by atoms with Crippen LogP contribution < -0.4 is 8.91 Å². The SMILES string of the molecule is CC.CC/C=C\CCCC.CNS(=O)Oc1ccc(C)cc1. The van der Waals surface area contributed by atoms with Crippen molar-refractivity contribution >= 4 is 11.3 Å². The predicted molar refractivity (Wildman–Crippen MR) is 99.3 cm³/mol. The van der Waals surface area contributed by atoms with E-state index in [4.69, 9.17) is 4.18 Å². The van der Waals surface area contributed by atoms with E-state index in [0.717, 1.165) is 5.56 Å². The lowest BCUT2D eigenvalue weighted by atomic mass is 10.2. The third kappa shape index (κ3) is 15.3. The zero-order chi connectivity index (χ0) is 17.2. The summed E-state index contributed by atoms with van der Waals surface area (Å²) in [4.78, 5) is 0. The van der Waals surface area contributed by atoms with Crippen molar-refractivity contribution < 1.29 is 8.39 Å². The van der Waals surface area contributed by atoms with Crippen molar-refractivity contribution in [3.63, 3.8) is 0 Å². The third-order valence-corrected chi connectivity index (χ3v) is 3.16. The van der Waals surface area contributed by atoms with Gasteiger partial charge in [-0.15, -0.1) is 0 Å². The second-order valence-corrected chi connectivity index (χ2v) is 5.40. The molecule has 0 heterocycles. The molecule has 1 unspecified atom stereocenters. The maximum absolute atomic E-state index is 10.8. The lowest BCUT2D eigenvalue weighted by Gasteiger charge is -2.02. The van der Waals surface area contributed by atoms with Crippen LogP contribution >= 0.6 is 0 Å². The van der Waals surface area contributed by atoms with Gasteiger partial charge in [-0.3, -0.25) is 0 Å². The van der Waals surface area contributed by atoms with E-state index in [-0.39, 0.29) is 0 Å². The van der Waals surface area contributed by atoms with Gasteiger partial charge in [-0.1, -0.05) is 70.4 Å². The maximum Gasteiger partial charge on any atom is 0.287 e. The highest BCUT2D eigenvalue weighted by Gasteiger charge is 1.97. The van der Waals surface area contributed by atoms with Gasteiger partial charge in [-0.05, 0) is 38.9 Å². The summed E-state index contributed by atoms with van der Waals surface area (Å²) in [5.41, 5.74) is 1.15. The van der Waals surface area contributed by atoms with Crippen LogP contribution in [0.1, 0.15) is 58.9 Å². The third-order valence-electron chi connectivity index (χ3n) is 2.49. The van der Waals surface area contributed by atoms with E-state index in [0.29, 0.717) is 5.75 Å². The van der Waals surface area contributed by atoms with Crippen molar-refractivity contribution in [2.75, 3.05) is 7.05 Å². The van der Waals surface area contributed by atoms with Crippen molar-refractivity contribution in [2.24, 2.45) is 0 Å². The highest BCUT2D eigenvalue weighted by Crippen LogP contribution is 2.11. The van der Waals surface area contributed by atoms with Gasteiger partial charge in [0.05, 0.1) is 0 Å². The van der Waals surface area contributed by atoms with E-state index in [1.54, 1.807) is 19.2 Å². The average Bonchev–Trinajstić information content (AvgIpc) is 2.56. The van der Waals surface area contributed by atoms with Crippen molar-refractivity contribution in [3.05, 3.63) is 42.0 Å². The summed E-state index contributed by atoms with van der Waals surface area (Å²) in [5, 5.41) is 0. The Labute approximate surface area is 140 Å². The summed E-state index contributed by atoms with van der Waals surface area (Å²) in [6.45, 7) is 10.4. The summed E-state index contributed by atoms with van der Waals surface area (Å²) in [6, 6.07) is 7.37. The van der Waals surface area contributed by atoms with Gasteiger partial charge in [0.1, 0.15) is 5.75 Å². The molecule has 3 nitrogen and oxygen atoms in total. The van der Waals surface area contributed by atoms with Gasteiger partial charge >= 0.3 is 0 Å². The Morgan fingerprint density at radius 3 is 2.18 bits per heavy atom. The number of hydrogen-bond acceptors (Lipinski definition) is 2. The molecule has 1 N–H and O–H groups in total. The Bertz CT molecular complexity index is 389. The fourth-order valence-corrected chi connectivity index (χ4v) is 1.70. The van der Waals surface area contributed by atoms with E-state index in [2.05, 4.69) is 30.7 Å². The minimum Gasteiger partial charge on any atom is -0.389 e. The number of aryl methyl sites for hydroxylation is 1. The monoisotopic (exact) mass is 327 g/mol. The van der Waals surface area contributed by atoms with Gasteiger partial charge in [-0.25, -0.2) is 4.72 Å². The summed E-state index contributed by atoms with van der Waals surface area (Å²) in [7, 11) is 1.57. The van der Waals surface area contributed by atoms with Crippen molar-refractivity contribution in [2.45, 2.75) is 60.3 Å². The first kappa shape index (κ1) is 23.1.